The second-order valence-electron chi connectivity index (χ2n) is 8.85. The summed E-state index contributed by atoms with van der Waals surface area (Å²) in [5.74, 6) is 2.57. The summed E-state index contributed by atoms with van der Waals surface area (Å²) in [5.41, 5.74) is 5.23. The van der Waals surface area contributed by atoms with Gasteiger partial charge in [-0.15, -0.1) is 11.3 Å². The molecule has 0 amide bonds. The predicted octanol–water partition coefficient (Wildman–Crippen LogP) is 4.02. The van der Waals surface area contributed by atoms with Gasteiger partial charge < -0.3 is 20.4 Å². The van der Waals surface area contributed by atoms with Crippen molar-refractivity contribution in [3.05, 3.63) is 59.6 Å². The molecule has 2 N–H and O–H groups in total. The highest BCUT2D eigenvalue weighted by Crippen LogP contribution is 2.30. The molecular weight excluding hydrogens is 444 g/mol. The van der Waals surface area contributed by atoms with Crippen molar-refractivity contribution >= 4 is 45.1 Å². The van der Waals surface area contributed by atoms with Gasteiger partial charge in [0.05, 0.1) is 15.7 Å². The Kier molecular flexibility index (Phi) is 5.95. The molecule has 0 radical (unpaired) electrons. The average molecular weight is 473 g/mol. The molecule has 0 spiro atoms. The first-order chi connectivity index (χ1) is 16.8. The summed E-state index contributed by atoms with van der Waals surface area (Å²) in [5, 5.41) is 6.85. The van der Waals surface area contributed by atoms with Gasteiger partial charge in [0.2, 0.25) is 17.8 Å². The van der Waals surface area contributed by atoms with E-state index >= 15 is 0 Å². The summed E-state index contributed by atoms with van der Waals surface area (Å²) < 4.78 is 1.14. The van der Waals surface area contributed by atoms with E-state index in [2.05, 4.69) is 61.8 Å². The zero-order chi connectivity index (χ0) is 22.7. The quantitative estimate of drug-likeness (QED) is 0.451. The van der Waals surface area contributed by atoms with Crippen LogP contribution in [0.4, 0.5) is 23.5 Å². The van der Waals surface area contributed by atoms with Gasteiger partial charge in [-0.05, 0) is 36.6 Å². The Morgan fingerprint density at radius 2 is 1.74 bits per heavy atom. The van der Waals surface area contributed by atoms with Gasteiger partial charge in [-0.3, -0.25) is 0 Å². The molecule has 0 saturated carbocycles. The van der Waals surface area contributed by atoms with Crippen LogP contribution >= 0.6 is 11.3 Å². The van der Waals surface area contributed by atoms with Crippen molar-refractivity contribution in [3.8, 4) is 0 Å². The van der Waals surface area contributed by atoms with E-state index in [9.17, 15) is 0 Å². The third-order valence-electron chi connectivity index (χ3n) is 6.57. The minimum atomic E-state index is 0.486. The average Bonchev–Trinajstić information content (AvgIpc) is 3.38. The zero-order valence-electron chi connectivity index (χ0n) is 19.0. The first-order valence-electron chi connectivity index (χ1n) is 11.9. The molecule has 0 bridgehead atoms. The van der Waals surface area contributed by atoms with Crippen molar-refractivity contribution in [1.82, 2.24) is 25.3 Å². The van der Waals surface area contributed by atoms with E-state index in [1.54, 1.807) is 11.3 Å². The zero-order valence-corrected chi connectivity index (χ0v) is 19.8. The van der Waals surface area contributed by atoms with Gasteiger partial charge in [0, 0.05) is 50.9 Å². The number of piperazine rings is 1. The number of anilines is 4. The molecule has 2 aliphatic rings. The molecule has 2 fully saturated rings. The predicted molar refractivity (Wildman–Crippen MR) is 138 cm³/mol. The number of aromatic nitrogens is 4. The molecule has 0 aliphatic carbocycles. The van der Waals surface area contributed by atoms with E-state index in [-0.39, 0.29) is 0 Å². The summed E-state index contributed by atoms with van der Waals surface area (Å²) >= 11 is 1.63. The number of benzene rings is 2. The number of fused-ring (bicyclic) bond motifs is 1. The number of hydrogen-bond acceptors (Lipinski definition) is 9. The van der Waals surface area contributed by atoms with Gasteiger partial charge in [-0.25, -0.2) is 4.98 Å². The molecule has 2 aromatic carbocycles. The maximum Gasteiger partial charge on any atom is 0.233 e. The Morgan fingerprint density at radius 3 is 2.59 bits per heavy atom. The van der Waals surface area contributed by atoms with Crippen molar-refractivity contribution in [1.29, 1.82) is 0 Å². The molecule has 2 aliphatic heterocycles. The maximum atomic E-state index is 4.95. The largest absolute Gasteiger partial charge is 0.340 e. The molecular formula is C25H28N8S. The van der Waals surface area contributed by atoms with Gasteiger partial charge in [-0.1, -0.05) is 30.3 Å². The maximum absolute atomic E-state index is 4.95. The normalized spacial score (nSPS) is 18.9. The first kappa shape index (κ1) is 21.2. The SMILES string of the molecule is c1ccc(C2CCCN(c3nc(Nc4ccc5ncsc5c4)nc(N4CCNCC4)n3)C2)cc1. The highest BCUT2D eigenvalue weighted by molar-refractivity contribution is 7.16. The molecule has 4 heterocycles. The summed E-state index contributed by atoms with van der Waals surface area (Å²) in [4.78, 5) is 23.6. The molecule has 2 aromatic heterocycles. The minimum absolute atomic E-state index is 0.486. The lowest BCUT2D eigenvalue weighted by Gasteiger charge is -2.34. The van der Waals surface area contributed by atoms with Crippen molar-refractivity contribution in [3.63, 3.8) is 0 Å². The van der Waals surface area contributed by atoms with E-state index in [0.717, 1.165) is 73.5 Å². The van der Waals surface area contributed by atoms with Crippen LogP contribution in [0.2, 0.25) is 0 Å². The van der Waals surface area contributed by atoms with Crippen molar-refractivity contribution in [2.75, 3.05) is 54.4 Å². The molecule has 1 unspecified atom stereocenters. The van der Waals surface area contributed by atoms with Gasteiger partial charge >= 0.3 is 0 Å². The number of thiazole rings is 1. The summed E-state index contributed by atoms with van der Waals surface area (Å²) in [6.45, 7) is 5.53. The van der Waals surface area contributed by atoms with Crippen LogP contribution in [0, 0.1) is 0 Å². The van der Waals surface area contributed by atoms with Crippen LogP contribution in [-0.2, 0) is 0 Å². The van der Waals surface area contributed by atoms with Crippen LogP contribution in [-0.4, -0.2) is 59.2 Å². The fourth-order valence-electron chi connectivity index (χ4n) is 4.78. The van der Waals surface area contributed by atoms with Gasteiger partial charge in [-0.2, -0.15) is 15.0 Å². The van der Waals surface area contributed by atoms with Crippen molar-refractivity contribution in [2.24, 2.45) is 0 Å². The Bertz CT molecular complexity index is 1250. The fraction of sp³-hybridized carbons (Fsp3) is 0.360. The molecule has 4 aromatic rings. The monoisotopic (exact) mass is 472 g/mol. The topological polar surface area (TPSA) is 82.1 Å². The molecule has 6 rings (SSSR count). The third kappa shape index (κ3) is 4.53. The lowest BCUT2D eigenvalue weighted by Crippen LogP contribution is -2.44. The molecule has 8 nitrogen and oxygen atoms in total. The number of nitrogens with one attached hydrogen (secondary N) is 2. The number of rotatable bonds is 5. The van der Waals surface area contributed by atoms with Gasteiger partial charge in [0.25, 0.3) is 0 Å². The van der Waals surface area contributed by atoms with Crippen LogP contribution in [0.15, 0.2) is 54.0 Å². The van der Waals surface area contributed by atoms with Crippen LogP contribution in [0.5, 0.6) is 0 Å². The Labute approximate surface area is 203 Å². The Morgan fingerprint density at radius 1 is 0.912 bits per heavy atom. The second kappa shape index (κ2) is 9.52. The van der Waals surface area contributed by atoms with Crippen LogP contribution in [0.25, 0.3) is 10.2 Å². The second-order valence-corrected chi connectivity index (χ2v) is 9.74. The number of hydrogen-bond donors (Lipinski definition) is 2. The molecule has 1 atom stereocenters. The summed E-state index contributed by atoms with van der Waals surface area (Å²) in [6.07, 6.45) is 2.31. The van der Waals surface area contributed by atoms with Gasteiger partial charge in [0.1, 0.15) is 0 Å². The molecule has 34 heavy (non-hydrogen) atoms. The lowest BCUT2D eigenvalue weighted by molar-refractivity contribution is 0.502. The summed E-state index contributed by atoms with van der Waals surface area (Å²) in [6, 6.07) is 17.0. The molecule has 2 saturated heterocycles. The highest BCUT2D eigenvalue weighted by atomic mass is 32.1. The minimum Gasteiger partial charge on any atom is -0.340 e. The fourth-order valence-corrected chi connectivity index (χ4v) is 5.49. The third-order valence-corrected chi connectivity index (χ3v) is 7.37. The van der Waals surface area contributed by atoms with E-state index < -0.39 is 0 Å². The van der Waals surface area contributed by atoms with Gasteiger partial charge in [0.15, 0.2) is 0 Å². The lowest BCUT2D eigenvalue weighted by atomic mass is 9.91. The van der Waals surface area contributed by atoms with E-state index in [0.29, 0.717) is 11.9 Å². The summed E-state index contributed by atoms with van der Waals surface area (Å²) in [7, 11) is 0. The molecule has 9 heteroatoms. The van der Waals surface area contributed by atoms with Crippen LogP contribution < -0.4 is 20.4 Å². The molecule has 174 valence electrons. The van der Waals surface area contributed by atoms with Crippen LogP contribution in [0.1, 0.15) is 24.3 Å². The van der Waals surface area contributed by atoms with E-state index in [1.165, 1.54) is 12.0 Å². The number of piperidine rings is 1. The highest BCUT2D eigenvalue weighted by Gasteiger charge is 2.25. The smallest absolute Gasteiger partial charge is 0.233 e. The Balaban J connectivity index is 1.31. The number of nitrogens with zero attached hydrogens (tertiary/aromatic N) is 6. The van der Waals surface area contributed by atoms with Crippen molar-refractivity contribution in [2.45, 2.75) is 18.8 Å². The standard InChI is InChI=1S/C25H28N8S/c1-2-5-18(6-3-1)19-7-4-12-33(16-19)25-30-23(29-24(31-25)32-13-10-26-11-14-32)28-20-8-9-21-22(15-20)34-17-27-21/h1-3,5-6,8-9,15,17,19,26H,4,7,10-14,16H2,(H,28,29,30,31). The van der Waals surface area contributed by atoms with Crippen molar-refractivity contribution < 1.29 is 0 Å². The van der Waals surface area contributed by atoms with E-state index in [1.807, 2.05) is 17.6 Å². The van der Waals surface area contributed by atoms with Crippen LogP contribution in [0.3, 0.4) is 0 Å². The Hall–Kier alpha value is -3.30. The van der Waals surface area contributed by atoms with E-state index in [4.69, 9.17) is 15.0 Å². The first-order valence-corrected chi connectivity index (χ1v) is 12.8.